The van der Waals surface area contributed by atoms with E-state index < -0.39 is 17.7 Å². The van der Waals surface area contributed by atoms with Crippen LogP contribution < -0.4 is 14.4 Å². The first-order chi connectivity index (χ1) is 16.3. The maximum atomic E-state index is 13.2. The third-order valence-corrected chi connectivity index (χ3v) is 5.88. The van der Waals surface area contributed by atoms with Gasteiger partial charge < -0.3 is 19.1 Å². The number of aryl methyl sites for hydroxylation is 1. The summed E-state index contributed by atoms with van der Waals surface area (Å²) >= 11 is 0. The monoisotopic (exact) mass is 462 g/mol. The number of amides is 1. The van der Waals surface area contributed by atoms with Crippen LogP contribution in [0.5, 0.6) is 11.5 Å². The number of hydrogen-bond acceptors (Lipinski definition) is 7. The van der Waals surface area contributed by atoms with Crippen molar-refractivity contribution in [3.8, 4) is 11.5 Å². The molecular weight excluding hydrogens is 436 g/mol. The molecule has 0 radical (unpaired) electrons. The summed E-state index contributed by atoms with van der Waals surface area (Å²) in [5, 5.41) is 15.2. The van der Waals surface area contributed by atoms with E-state index in [0.29, 0.717) is 34.3 Å². The van der Waals surface area contributed by atoms with Crippen molar-refractivity contribution < 1.29 is 28.7 Å². The van der Waals surface area contributed by atoms with Gasteiger partial charge in [0.1, 0.15) is 11.5 Å². The van der Waals surface area contributed by atoms with Gasteiger partial charge in [-0.05, 0) is 42.2 Å². The Hall–Kier alpha value is -4.07. The van der Waals surface area contributed by atoms with Crippen molar-refractivity contribution in [3.63, 3.8) is 0 Å². The Morgan fingerprint density at radius 1 is 1.03 bits per heavy atom. The van der Waals surface area contributed by atoms with Crippen LogP contribution >= 0.6 is 0 Å². The molecule has 1 fully saturated rings. The maximum absolute atomic E-state index is 13.2. The smallest absolute Gasteiger partial charge is 0.301 e. The molecule has 1 atom stereocenters. The molecule has 0 bridgehead atoms. The van der Waals surface area contributed by atoms with Gasteiger partial charge in [0.05, 0.1) is 25.8 Å². The molecule has 2 aromatic carbocycles. The Kier molecular flexibility index (Phi) is 6.15. The molecule has 4 rings (SSSR count). The van der Waals surface area contributed by atoms with Crippen LogP contribution in [0.25, 0.3) is 5.76 Å². The Balaban J connectivity index is 1.92. The molecule has 34 heavy (non-hydrogen) atoms. The van der Waals surface area contributed by atoms with Crippen molar-refractivity contribution in [2.45, 2.75) is 32.7 Å². The van der Waals surface area contributed by atoms with E-state index in [4.69, 9.17) is 14.0 Å². The molecular formula is C26H26N2O6. The summed E-state index contributed by atoms with van der Waals surface area (Å²) in [6.07, 6.45) is 0. The minimum absolute atomic E-state index is 0.0461. The number of methoxy groups -OCH3 is 2. The number of anilines is 1. The quantitative estimate of drug-likeness (QED) is 0.320. The van der Waals surface area contributed by atoms with Gasteiger partial charge in [0, 0.05) is 11.6 Å². The van der Waals surface area contributed by atoms with E-state index >= 15 is 0 Å². The summed E-state index contributed by atoms with van der Waals surface area (Å²) in [5.41, 5.74) is 2.04. The fourth-order valence-electron chi connectivity index (χ4n) is 4.05. The zero-order chi connectivity index (χ0) is 24.6. The maximum Gasteiger partial charge on any atom is 0.301 e. The van der Waals surface area contributed by atoms with Crippen LogP contribution in [0.1, 0.15) is 48.3 Å². The van der Waals surface area contributed by atoms with Crippen molar-refractivity contribution in [1.29, 1.82) is 0 Å². The second-order valence-electron chi connectivity index (χ2n) is 8.36. The number of hydrogen-bond donors (Lipinski definition) is 1. The average Bonchev–Trinajstić information content (AvgIpc) is 3.38. The van der Waals surface area contributed by atoms with Crippen LogP contribution in [-0.4, -0.2) is 36.2 Å². The second kappa shape index (κ2) is 9.05. The number of Topliss-reactive ketones (excluding diaryl/α,β-unsaturated/α-hetero) is 1. The van der Waals surface area contributed by atoms with Gasteiger partial charge in [0.2, 0.25) is 0 Å². The van der Waals surface area contributed by atoms with Crippen LogP contribution in [-0.2, 0) is 9.59 Å². The van der Waals surface area contributed by atoms with Gasteiger partial charge in [0.25, 0.3) is 5.78 Å². The largest absolute Gasteiger partial charge is 0.507 e. The van der Waals surface area contributed by atoms with E-state index in [1.807, 2.05) is 24.3 Å². The number of aromatic nitrogens is 1. The van der Waals surface area contributed by atoms with E-state index in [0.717, 1.165) is 5.56 Å². The van der Waals surface area contributed by atoms with E-state index in [9.17, 15) is 14.7 Å². The Morgan fingerprint density at radius 3 is 2.26 bits per heavy atom. The highest BCUT2D eigenvalue weighted by Gasteiger charge is 2.48. The molecule has 8 nitrogen and oxygen atoms in total. The predicted molar refractivity (Wildman–Crippen MR) is 126 cm³/mol. The molecule has 0 spiro atoms. The van der Waals surface area contributed by atoms with Gasteiger partial charge in [-0.1, -0.05) is 43.3 Å². The Morgan fingerprint density at radius 2 is 1.71 bits per heavy atom. The molecule has 0 aliphatic carbocycles. The first-order valence-corrected chi connectivity index (χ1v) is 10.8. The summed E-state index contributed by atoms with van der Waals surface area (Å²) < 4.78 is 15.8. The minimum Gasteiger partial charge on any atom is -0.507 e. The van der Waals surface area contributed by atoms with Crippen molar-refractivity contribution in [1.82, 2.24) is 5.16 Å². The average molecular weight is 463 g/mol. The first kappa shape index (κ1) is 23.1. The fourth-order valence-corrected chi connectivity index (χ4v) is 4.05. The summed E-state index contributed by atoms with van der Waals surface area (Å²) in [4.78, 5) is 27.6. The Bertz CT molecular complexity index is 1270. The molecule has 3 aromatic rings. The van der Waals surface area contributed by atoms with E-state index in [1.165, 1.54) is 19.1 Å². The zero-order valence-electron chi connectivity index (χ0n) is 19.7. The van der Waals surface area contributed by atoms with Crippen LogP contribution in [0.2, 0.25) is 0 Å². The molecule has 2 heterocycles. The van der Waals surface area contributed by atoms with Crippen molar-refractivity contribution in [2.24, 2.45) is 0 Å². The second-order valence-corrected chi connectivity index (χ2v) is 8.36. The number of aliphatic hydroxyl groups is 1. The predicted octanol–water partition coefficient (Wildman–Crippen LogP) is 4.75. The summed E-state index contributed by atoms with van der Waals surface area (Å²) in [5.74, 6) is -0.0804. The van der Waals surface area contributed by atoms with E-state index in [1.54, 1.807) is 31.2 Å². The molecule has 0 saturated carbocycles. The lowest BCUT2D eigenvalue weighted by Crippen LogP contribution is -2.29. The first-order valence-electron chi connectivity index (χ1n) is 10.8. The number of nitrogens with zero attached hydrogens (tertiary/aromatic N) is 2. The highest BCUT2D eigenvalue weighted by Crippen LogP contribution is 2.43. The lowest BCUT2D eigenvalue weighted by atomic mass is 9.93. The normalized spacial score (nSPS) is 17.5. The number of ketones is 1. The van der Waals surface area contributed by atoms with Gasteiger partial charge >= 0.3 is 5.91 Å². The molecule has 1 aliphatic rings. The summed E-state index contributed by atoms with van der Waals surface area (Å²) in [6, 6.07) is 13.1. The number of ether oxygens (including phenoxy) is 2. The third-order valence-electron chi connectivity index (χ3n) is 5.88. The van der Waals surface area contributed by atoms with Crippen LogP contribution in [0, 0.1) is 6.92 Å². The minimum atomic E-state index is -0.890. The van der Waals surface area contributed by atoms with Gasteiger partial charge in [-0.3, -0.25) is 14.5 Å². The highest BCUT2D eigenvalue weighted by molar-refractivity contribution is 6.51. The molecule has 176 valence electrons. The van der Waals surface area contributed by atoms with Crippen LogP contribution in [0.3, 0.4) is 0 Å². The number of carbonyl (C=O) groups excluding carboxylic acids is 2. The number of aliphatic hydroxyl groups excluding tert-OH is 1. The summed E-state index contributed by atoms with van der Waals surface area (Å²) in [6.45, 7) is 5.86. The molecule has 1 aliphatic heterocycles. The molecule has 1 unspecified atom stereocenters. The van der Waals surface area contributed by atoms with Crippen molar-refractivity contribution in [2.75, 3.05) is 19.1 Å². The third kappa shape index (κ3) is 3.91. The van der Waals surface area contributed by atoms with Crippen LogP contribution in [0.15, 0.2) is 58.6 Å². The highest BCUT2D eigenvalue weighted by atomic mass is 16.5. The molecule has 8 heteroatoms. The number of carbonyl (C=O) groups is 2. The SMILES string of the molecule is COc1ccc(/C(O)=C2\C(=O)C(=O)N(c3cc(C)on3)C2c2ccc(C(C)C)cc2)cc1OC. The zero-order valence-corrected chi connectivity index (χ0v) is 19.7. The molecule has 1 saturated heterocycles. The Labute approximate surface area is 197 Å². The standard InChI is InChI=1S/C26H26N2O6/c1-14(2)16-6-8-17(9-7-16)23-22(24(29)18-10-11-19(32-4)20(13-18)33-5)25(30)26(31)28(23)21-12-15(3)34-27-21/h6-14,23,29H,1-5H3/b24-22+. The number of rotatable bonds is 6. The van der Waals surface area contributed by atoms with E-state index in [2.05, 4.69) is 19.0 Å². The lowest BCUT2D eigenvalue weighted by molar-refractivity contribution is -0.132. The molecule has 1 amide bonds. The molecule has 1 aromatic heterocycles. The molecule has 1 N–H and O–H groups in total. The van der Waals surface area contributed by atoms with Crippen molar-refractivity contribution in [3.05, 3.63) is 76.6 Å². The fraction of sp³-hybridized carbons (Fsp3) is 0.269. The lowest BCUT2D eigenvalue weighted by Gasteiger charge is -2.23. The number of benzene rings is 2. The van der Waals surface area contributed by atoms with Gasteiger partial charge in [0.15, 0.2) is 17.3 Å². The van der Waals surface area contributed by atoms with E-state index in [-0.39, 0.29) is 17.2 Å². The van der Waals surface area contributed by atoms with Gasteiger partial charge in [-0.25, -0.2) is 0 Å². The summed E-state index contributed by atoms with van der Waals surface area (Å²) in [7, 11) is 2.98. The van der Waals surface area contributed by atoms with Crippen LogP contribution in [0.4, 0.5) is 5.82 Å². The van der Waals surface area contributed by atoms with Gasteiger partial charge in [-0.2, -0.15) is 0 Å². The van der Waals surface area contributed by atoms with Crippen molar-refractivity contribution >= 4 is 23.3 Å². The van der Waals surface area contributed by atoms with Gasteiger partial charge in [-0.15, -0.1) is 0 Å². The topological polar surface area (TPSA) is 102 Å².